The molecular formula is C13H21FN4O2. The van der Waals surface area contributed by atoms with Gasteiger partial charge in [0.25, 0.3) is 0 Å². The molecule has 0 bridgehead atoms. The van der Waals surface area contributed by atoms with Crippen molar-refractivity contribution in [1.82, 2.24) is 4.90 Å². The first kappa shape index (κ1) is 14.9. The van der Waals surface area contributed by atoms with Gasteiger partial charge in [-0.3, -0.25) is 20.0 Å². The predicted octanol–water partition coefficient (Wildman–Crippen LogP) is 1.49. The van der Waals surface area contributed by atoms with E-state index in [0.717, 1.165) is 25.6 Å². The fourth-order valence-corrected chi connectivity index (χ4v) is 2.77. The molecule has 2 aliphatic rings. The maximum Gasteiger partial charge on any atom is 0.305 e. The highest BCUT2D eigenvalue weighted by molar-refractivity contribution is 5.96. The fourth-order valence-electron chi connectivity index (χ4n) is 2.77. The summed E-state index contributed by atoms with van der Waals surface area (Å²) in [7, 11) is 0. The molecule has 2 rings (SSSR count). The van der Waals surface area contributed by atoms with Gasteiger partial charge in [-0.1, -0.05) is 6.42 Å². The lowest BCUT2D eigenvalue weighted by Gasteiger charge is -2.42. The summed E-state index contributed by atoms with van der Waals surface area (Å²) < 4.78 is 14.2. The first-order valence-corrected chi connectivity index (χ1v) is 7.02. The van der Waals surface area contributed by atoms with E-state index in [0.29, 0.717) is 19.0 Å². The molecule has 0 spiro atoms. The van der Waals surface area contributed by atoms with Crippen LogP contribution >= 0.6 is 0 Å². The lowest BCUT2D eigenvalue weighted by molar-refractivity contribution is -0.415. The third-order valence-corrected chi connectivity index (χ3v) is 4.21. The molecule has 1 aliphatic carbocycles. The summed E-state index contributed by atoms with van der Waals surface area (Å²) in [6, 6.07) is 0.0266. The Hall–Kier alpha value is -1.50. The Morgan fingerprint density at radius 3 is 2.65 bits per heavy atom. The molecule has 0 aromatic rings. The van der Waals surface area contributed by atoms with Crippen LogP contribution in [0.5, 0.6) is 0 Å². The molecule has 0 aromatic heterocycles. The number of allylic oxidation sites excluding steroid dienone is 1. The largest absolute Gasteiger partial charge is 0.399 e. The van der Waals surface area contributed by atoms with Crippen molar-refractivity contribution in [3.63, 3.8) is 0 Å². The molecule has 2 atom stereocenters. The third kappa shape index (κ3) is 3.15. The van der Waals surface area contributed by atoms with Crippen LogP contribution in [0, 0.1) is 10.1 Å². The normalized spacial score (nSPS) is 30.1. The maximum atomic E-state index is 14.2. The van der Waals surface area contributed by atoms with Crippen molar-refractivity contribution in [2.75, 3.05) is 13.1 Å². The Labute approximate surface area is 117 Å². The number of aliphatic imine (C=N–C) groups is 1. The molecule has 2 N–H and O–H groups in total. The number of nitrogens with zero attached hydrogens (tertiary/aromatic N) is 3. The molecule has 1 saturated carbocycles. The Morgan fingerprint density at radius 1 is 1.50 bits per heavy atom. The van der Waals surface area contributed by atoms with Gasteiger partial charge in [-0.05, 0) is 26.2 Å². The molecule has 0 aromatic carbocycles. The van der Waals surface area contributed by atoms with Crippen molar-refractivity contribution < 1.29 is 9.31 Å². The highest BCUT2D eigenvalue weighted by atomic mass is 19.1. The first-order valence-electron chi connectivity index (χ1n) is 7.02. The summed E-state index contributed by atoms with van der Waals surface area (Å²) in [6.07, 6.45) is 3.99. The van der Waals surface area contributed by atoms with E-state index in [2.05, 4.69) is 9.89 Å². The molecule has 20 heavy (non-hydrogen) atoms. The zero-order chi connectivity index (χ0) is 14.7. The Balaban J connectivity index is 1.98. The molecule has 0 amide bonds. The quantitative estimate of drug-likeness (QED) is 0.481. The van der Waals surface area contributed by atoms with E-state index < -0.39 is 17.1 Å². The van der Waals surface area contributed by atoms with E-state index in [1.807, 2.05) is 0 Å². The van der Waals surface area contributed by atoms with Gasteiger partial charge < -0.3 is 5.73 Å². The van der Waals surface area contributed by atoms with Crippen LogP contribution in [0.3, 0.4) is 0 Å². The van der Waals surface area contributed by atoms with E-state index >= 15 is 0 Å². The van der Waals surface area contributed by atoms with Gasteiger partial charge in [0.15, 0.2) is 0 Å². The number of nitrogens with two attached hydrogens (primary N) is 1. The SMILES string of the molecule is CC(=NC1CCN(C2CCC2)CC1F)C(=CN)[N+](=O)[O-]. The van der Waals surface area contributed by atoms with Gasteiger partial charge in [-0.2, -0.15) is 0 Å². The Kier molecular flexibility index (Phi) is 4.69. The predicted molar refractivity (Wildman–Crippen MR) is 74.9 cm³/mol. The average Bonchev–Trinajstić information content (AvgIpc) is 2.30. The van der Waals surface area contributed by atoms with Crippen molar-refractivity contribution in [3.05, 3.63) is 22.0 Å². The summed E-state index contributed by atoms with van der Waals surface area (Å²) >= 11 is 0. The van der Waals surface area contributed by atoms with E-state index in [4.69, 9.17) is 5.73 Å². The number of nitro groups is 1. The summed E-state index contributed by atoms with van der Waals surface area (Å²) in [4.78, 5) is 16.5. The number of hydrogen-bond donors (Lipinski definition) is 1. The number of likely N-dealkylation sites (tertiary alicyclic amines) is 1. The van der Waals surface area contributed by atoms with Gasteiger partial charge in [0.1, 0.15) is 11.9 Å². The Bertz CT molecular complexity index is 434. The van der Waals surface area contributed by atoms with Crippen LogP contribution < -0.4 is 5.73 Å². The lowest BCUT2D eigenvalue weighted by atomic mass is 9.89. The van der Waals surface area contributed by atoms with Gasteiger partial charge >= 0.3 is 5.70 Å². The first-order chi connectivity index (χ1) is 9.52. The minimum atomic E-state index is -1.06. The van der Waals surface area contributed by atoms with Crippen LogP contribution in [0.1, 0.15) is 32.6 Å². The molecule has 1 saturated heterocycles. The van der Waals surface area contributed by atoms with E-state index in [-0.39, 0.29) is 11.4 Å². The molecule has 0 radical (unpaired) electrons. The topological polar surface area (TPSA) is 84.8 Å². The molecule has 7 heteroatoms. The molecule has 112 valence electrons. The van der Waals surface area contributed by atoms with Gasteiger partial charge in [0.05, 0.1) is 17.2 Å². The van der Waals surface area contributed by atoms with E-state index in [1.165, 1.54) is 13.3 Å². The molecule has 6 nitrogen and oxygen atoms in total. The molecule has 1 heterocycles. The summed E-state index contributed by atoms with van der Waals surface area (Å²) in [6.45, 7) is 2.70. The highest BCUT2D eigenvalue weighted by Crippen LogP contribution is 2.29. The van der Waals surface area contributed by atoms with Crippen LogP contribution in [0.15, 0.2) is 16.9 Å². The average molecular weight is 284 g/mol. The maximum absolute atomic E-state index is 14.2. The molecule has 2 unspecified atom stereocenters. The Morgan fingerprint density at radius 2 is 2.20 bits per heavy atom. The van der Waals surface area contributed by atoms with Crippen molar-refractivity contribution >= 4 is 5.71 Å². The van der Waals surface area contributed by atoms with Crippen molar-refractivity contribution in [2.24, 2.45) is 10.7 Å². The standard InChI is InChI=1S/C13H21FN4O2/c1-9(13(7-15)18(19)20)16-12-5-6-17(8-11(12)14)10-3-2-4-10/h7,10-12H,2-6,8,15H2,1H3. The smallest absolute Gasteiger partial charge is 0.305 e. The number of halogens is 1. The number of rotatable bonds is 4. The summed E-state index contributed by atoms with van der Waals surface area (Å²) in [5.74, 6) is 0. The number of piperidine rings is 1. The van der Waals surface area contributed by atoms with Gasteiger partial charge in [-0.15, -0.1) is 0 Å². The second-order valence-electron chi connectivity index (χ2n) is 5.48. The van der Waals surface area contributed by atoms with Crippen molar-refractivity contribution in [1.29, 1.82) is 0 Å². The summed E-state index contributed by atoms with van der Waals surface area (Å²) in [5, 5.41) is 10.8. The minimum absolute atomic E-state index is 0.197. The van der Waals surface area contributed by atoms with Crippen LogP contribution in [-0.2, 0) is 0 Å². The second kappa shape index (κ2) is 6.30. The zero-order valence-corrected chi connectivity index (χ0v) is 11.7. The van der Waals surface area contributed by atoms with Crippen molar-refractivity contribution in [2.45, 2.75) is 50.9 Å². The minimum Gasteiger partial charge on any atom is -0.399 e. The van der Waals surface area contributed by atoms with Gasteiger partial charge in [-0.25, -0.2) is 4.39 Å². The fraction of sp³-hybridized carbons (Fsp3) is 0.769. The number of hydrogen-bond acceptors (Lipinski definition) is 5. The van der Waals surface area contributed by atoms with Gasteiger partial charge in [0, 0.05) is 19.1 Å². The van der Waals surface area contributed by atoms with Crippen molar-refractivity contribution in [3.8, 4) is 0 Å². The third-order valence-electron chi connectivity index (χ3n) is 4.21. The number of alkyl halides is 1. The van der Waals surface area contributed by atoms with Gasteiger partial charge in [0.2, 0.25) is 0 Å². The summed E-state index contributed by atoms with van der Waals surface area (Å²) in [5.41, 5.74) is 5.16. The monoisotopic (exact) mass is 284 g/mol. The van der Waals surface area contributed by atoms with Crippen LogP contribution in [0.2, 0.25) is 0 Å². The molecular weight excluding hydrogens is 263 g/mol. The van der Waals surface area contributed by atoms with Crippen LogP contribution in [-0.4, -0.2) is 46.9 Å². The molecule has 2 fully saturated rings. The van der Waals surface area contributed by atoms with Crippen LogP contribution in [0.4, 0.5) is 4.39 Å². The highest BCUT2D eigenvalue weighted by Gasteiger charge is 2.34. The second-order valence-corrected chi connectivity index (χ2v) is 5.48. The zero-order valence-electron chi connectivity index (χ0n) is 11.7. The van der Waals surface area contributed by atoms with Crippen LogP contribution in [0.25, 0.3) is 0 Å². The lowest BCUT2D eigenvalue weighted by Crippen LogP contribution is -2.50. The van der Waals surface area contributed by atoms with E-state index in [1.54, 1.807) is 0 Å². The van der Waals surface area contributed by atoms with E-state index in [9.17, 15) is 14.5 Å². The molecule has 1 aliphatic heterocycles.